The monoisotopic (exact) mass is 682 g/mol. The molecule has 264 valence electrons. The van der Waals surface area contributed by atoms with Gasteiger partial charge >= 0.3 is 24.1 Å². The van der Waals surface area contributed by atoms with Gasteiger partial charge < -0.3 is 44.2 Å². The molecule has 2 aromatic carbocycles. The Labute approximate surface area is 284 Å². The highest BCUT2D eigenvalue weighted by atomic mass is 16.6. The standard InChI is InChI=1S/C35H42N2O12/c1-5-46-32(40)9-7-19-36-34(42)48-28-17-13-24(21-30(28)44-3)11-15-26(38)23-27(39)16-12-25-14-18-29(31(22-25)45-4)49-35(43)37-20-8-10-33(41)47-6-2/h11-18,21-23,38H,5-10,19-20H2,1-4H3,(H,36,42)(H,37,43)/b15-11+,16-12+,26-23?. The molecule has 49 heavy (non-hydrogen) atoms. The minimum Gasteiger partial charge on any atom is -0.508 e. The van der Waals surface area contributed by atoms with E-state index in [4.69, 9.17) is 28.4 Å². The van der Waals surface area contributed by atoms with Gasteiger partial charge in [-0.25, -0.2) is 9.59 Å². The van der Waals surface area contributed by atoms with Crippen molar-refractivity contribution in [2.24, 2.45) is 0 Å². The second kappa shape index (κ2) is 21.9. The molecule has 2 rings (SSSR count). The molecule has 0 aliphatic rings. The molecule has 0 spiro atoms. The first kappa shape index (κ1) is 39.4. The van der Waals surface area contributed by atoms with E-state index in [0.29, 0.717) is 37.2 Å². The zero-order valence-corrected chi connectivity index (χ0v) is 27.9. The number of carbonyl (C=O) groups excluding carboxylic acids is 5. The number of aliphatic hydroxyl groups is 1. The maximum Gasteiger partial charge on any atom is 0.412 e. The van der Waals surface area contributed by atoms with Crippen molar-refractivity contribution in [1.82, 2.24) is 10.6 Å². The number of hydrogen-bond donors (Lipinski definition) is 3. The van der Waals surface area contributed by atoms with E-state index in [1.165, 1.54) is 50.7 Å². The van der Waals surface area contributed by atoms with Crippen LogP contribution in [0.3, 0.4) is 0 Å². The second-order valence-corrected chi connectivity index (χ2v) is 9.91. The smallest absolute Gasteiger partial charge is 0.412 e. The maximum absolute atomic E-state index is 12.4. The fourth-order valence-electron chi connectivity index (χ4n) is 3.93. The normalized spacial score (nSPS) is 11.1. The fourth-order valence-corrected chi connectivity index (χ4v) is 3.93. The number of rotatable bonds is 19. The zero-order chi connectivity index (χ0) is 36.0. The Morgan fingerprint density at radius 2 is 1.12 bits per heavy atom. The van der Waals surface area contributed by atoms with Crippen LogP contribution < -0.4 is 29.6 Å². The first-order valence-corrected chi connectivity index (χ1v) is 15.5. The minimum absolute atomic E-state index is 0.152. The number of aliphatic hydroxyl groups excluding tert-OH is 1. The molecule has 0 radical (unpaired) electrons. The number of nitrogens with one attached hydrogen (secondary N) is 2. The van der Waals surface area contributed by atoms with Crippen molar-refractivity contribution >= 4 is 42.1 Å². The number of esters is 2. The average molecular weight is 683 g/mol. The van der Waals surface area contributed by atoms with Gasteiger partial charge in [0.2, 0.25) is 0 Å². The molecule has 2 aromatic rings. The Balaban J connectivity index is 1.91. The Bertz CT molecular complexity index is 1530. The van der Waals surface area contributed by atoms with Crippen LogP contribution in [0.15, 0.2) is 60.4 Å². The number of carbonyl (C=O) groups is 5. The summed E-state index contributed by atoms with van der Waals surface area (Å²) in [5.41, 5.74) is 1.15. The lowest BCUT2D eigenvalue weighted by atomic mass is 10.1. The van der Waals surface area contributed by atoms with Crippen molar-refractivity contribution < 1.29 is 57.5 Å². The summed E-state index contributed by atoms with van der Waals surface area (Å²) in [6, 6.07) is 9.38. The van der Waals surface area contributed by atoms with E-state index in [9.17, 15) is 29.1 Å². The molecule has 0 unspecified atom stereocenters. The molecular formula is C35H42N2O12. The number of hydrogen-bond acceptors (Lipinski definition) is 12. The van der Waals surface area contributed by atoms with Gasteiger partial charge in [-0.1, -0.05) is 24.3 Å². The third-order valence-corrected chi connectivity index (χ3v) is 6.22. The highest BCUT2D eigenvalue weighted by Gasteiger charge is 2.12. The first-order valence-electron chi connectivity index (χ1n) is 15.5. The molecule has 0 aliphatic carbocycles. The average Bonchev–Trinajstić information content (AvgIpc) is 3.08. The highest BCUT2D eigenvalue weighted by Crippen LogP contribution is 2.30. The molecule has 2 amide bonds. The van der Waals surface area contributed by atoms with Gasteiger partial charge in [0, 0.05) is 32.0 Å². The molecule has 0 aromatic heterocycles. The number of allylic oxidation sites excluding steroid dienone is 3. The van der Waals surface area contributed by atoms with Crippen molar-refractivity contribution in [2.45, 2.75) is 39.5 Å². The number of amides is 2. The Hall–Kier alpha value is -5.79. The molecule has 14 heteroatoms. The predicted octanol–water partition coefficient (Wildman–Crippen LogP) is 5.30. The topological polar surface area (TPSA) is 185 Å². The quantitative estimate of drug-likeness (QED) is 0.0572. The van der Waals surface area contributed by atoms with Gasteiger partial charge in [-0.05, 0) is 74.2 Å². The fraction of sp³-hybridized carbons (Fsp3) is 0.343. The summed E-state index contributed by atoms with van der Waals surface area (Å²) in [6.45, 7) is 4.46. The second-order valence-electron chi connectivity index (χ2n) is 9.91. The Morgan fingerprint density at radius 1 is 0.673 bits per heavy atom. The molecule has 0 saturated carbocycles. The lowest BCUT2D eigenvalue weighted by Crippen LogP contribution is -2.28. The van der Waals surface area contributed by atoms with Crippen LogP contribution >= 0.6 is 0 Å². The molecule has 0 heterocycles. The molecule has 3 N–H and O–H groups in total. The third kappa shape index (κ3) is 15.6. The third-order valence-electron chi connectivity index (χ3n) is 6.22. The van der Waals surface area contributed by atoms with E-state index in [1.807, 2.05) is 0 Å². The van der Waals surface area contributed by atoms with Crippen molar-refractivity contribution in [3.8, 4) is 23.0 Å². The summed E-state index contributed by atoms with van der Waals surface area (Å²) in [6.07, 6.45) is 6.30. The molecule has 0 fully saturated rings. The van der Waals surface area contributed by atoms with Gasteiger partial charge in [0.1, 0.15) is 5.76 Å². The van der Waals surface area contributed by atoms with Crippen LogP contribution in [0.4, 0.5) is 9.59 Å². The summed E-state index contributed by atoms with van der Waals surface area (Å²) in [5, 5.41) is 15.4. The molecule has 0 saturated heterocycles. The molecule has 14 nitrogen and oxygen atoms in total. The summed E-state index contributed by atoms with van der Waals surface area (Å²) in [4.78, 5) is 59.4. The van der Waals surface area contributed by atoms with Crippen LogP contribution in [-0.4, -0.2) is 75.5 Å². The van der Waals surface area contributed by atoms with Crippen molar-refractivity contribution in [1.29, 1.82) is 0 Å². The minimum atomic E-state index is -0.722. The van der Waals surface area contributed by atoms with Gasteiger partial charge in [-0.15, -0.1) is 0 Å². The summed E-state index contributed by atoms with van der Waals surface area (Å²) >= 11 is 0. The van der Waals surface area contributed by atoms with E-state index in [1.54, 1.807) is 38.1 Å². The van der Waals surface area contributed by atoms with Gasteiger partial charge in [0.05, 0.1) is 27.4 Å². The molecule has 0 atom stereocenters. The van der Waals surface area contributed by atoms with Crippen LogP contribution in [0.1, 0.15) is 50.7 Å². The number of benzene rings is 2. The van der Waals surface area contributed by atoms with E-state index in [2.05, 4.69) is 10.6 Å². The van der Waals surface area contributed by atoms with E-state index < -0.39 is 18.0 Å². The predicted molar refractivity (Wildman–Crippen MR) is 180 cm³/mol. The largest absolute Gasteiger partial charge is 0.508 e. The highest BCUT2D eigenvalue weighted by molar-refractivity contribution is 6.02. The van der Waals surface area contributed by atoms with Crippen LogP contribution in [0, 0.1) is 0 Å². The lowest BCUT2D eigenvalue weighted by molar-refractivity contribution is -0.144. The Morgan fingerprint density at radius 3 is 1.55 bits per heavy atom. The van der Waals surface area contributed by atoms with Crippen molar-refractivity contribution in [3.05, 3.63) is 71.5 Å². The maximum atomic E-state index is 12.4. The van der Waals surface area contributed by atoms with Crippen LogP contribution in [-0.2, 0) is 23.9 Å². The number of ketones is 1. The van der Waals surface area contributed by atoms with E-state index in [-0.39, 0.29) is 66.6 Å². The molecule has 0 aliphatic heterocycles. The van der Waals surface area contributed by atoms with Crippen LogP contribution in [0.5, 0.6) is 23.0 Å². The zero-order valence-electron chi connectivity index (χ0n) is 27.9. The van der Waals surface area contributed by atoms with Crippen molar-refractivity contribution in [3.63, 3.8) is 0 Å². The van der Waals surface area contributed by atoms with Crippen LogP contribution in [0.2, 0.25) is 0 Å². The Kier molecular flexibility index (Phi) is 17.6. The van der Waals surface area contributed by atoms with Crippen LogP contribution in [0.25, 0.3) is 12.2 Å². The van der Waals surface area contributed by atoms with Gasteiger partial charge in [0.25, 0.3) is 0 Å². The molecule has 0 bridgehead atoms. The summed E-state index contributed by atoms with van der Waals surface area (Å²) in [7, 11) is 2.80. The van der Waals surface area contributed by atoms with Crippen molar-refractivity contribution in [2.75, 3.05) is 40.5 Å². The van der Waals surface area contributed by atoms with E-state index >= 15 is 0 Å². The van der Waals surface area contributed by atoms with Gasteiger partial charge in [0.15, 0.2) is 28.8 Å². The number of ether oxygens (including phenoxy) is 6. The summed E-state index contributed by atoms with van der Waals surface area (Å²) in [5.74, 6) is -0.690. The summed E-state index contributed by atoms with van der Waals surface area (Å²) < 4.78 is 30.8. The molecular weight excluding hydrogens is 640 g/mol. The van der Waals surface area contributed by atoms with Gasteiger partial charge in [-0.2, -0.15) is 0 Å². The SMILES string of the molecule is CCOC(=O)CCCNC(=O)Oc1ccc(/C=C/C(=O)C=C(O)/C=C/c2ccc(OC(=O)NCCCC(=O)OCC)c(OC)c2)cc1OC. The lowest BCUT2D eigenvalue weighted by Gasteiger charge is -2.11. The van der Waals surface area contributed by atoms with E-state index in [0.717, 1.165) is 6.08 Å². The van der Waals surface area contributed by atoms with Gasteiger partial charge in [-0.3, -0.25) is 14.4 Å². The number of methoxy groups -OCH3 is 2. The first-order chi connectivity index (χ1) is 23.6.